The summed E-state index contributed by atoms with van der Waals surface area (Å²) >= 11 is 0. The van der Waals surface area contributed by atoms with Gasteiger partial charge in [-0.15, -0.1) is 0 Å². The van der Waals surface area contributed by atoms with E-state index in [0.717, 1.165) is 12.7 Å². The van der Waals surface area contributed by atoms with Gasteiger partial charge in [-0.3, -0.25) is 14.4 Å². The van der Waals surface area contributed by atoms with Crippen LogP contribution in [0.25, 0.3) is 0 Å². The van der Waals surface area contributed by atoms with Crippen LogP contribution in [0.4, 0.5) is 5.69 Å². The van der Waals surface area contributed by atoms with E-state index in [9.17, 15) is 22.8 Å². The Morgan fingerprint density at radius 2 is 1.74 bits per heavy atom. The van der Waals surface area contributed by atoms with Gasteiger partial charge in [0.1, 0.15) is 6.04 Å². The molecular weight excluding hydrogens is 476 g/mol. The number of methoxy groups -OCH3 is 1. The number of amides is 2. The van der Waals surface area contributed by atoms with Gasteiger partial charge in [-0.25, -0.2) is 13.4 Å². The molecule has 7 N–H and O–H groups in total. The smallest absolute Gasteiger partial charge is 0.326 e. The topological polar surface area (TPSA) is 195 Å². The van der Waals surface area contributed by atoms with Crippen molar-refractivity contribution in [3.63, 3.8) is 0 Å². The van der Waals surface area contributed by atoms with Crippen LogP contribution < -0.4 is 26.8 Å². The first-order valence-electron chi connectivity index (χ1n) is 10.4. The highest BCUT2D eigenvalue weighted by Gasteiger charge is 2.32. The van der Waals surface area contributed by atoms with E-state index < -0.39 is 46.4 Å². The largest absolute Gasteiger partial charge is 0.468 e. The predicted octanol–water partition coefficient (Wildman–Crippen LogP) is -0.345. The normalized spacial score (nSPS) is 12.7. The lowest BCUT2D eigenvalue weighted by Crippen LogP contribution is -2.55. The van der Waals surface area contributed by atoms with Gasteiger partial charge in [0.25, 0.3) is 5.91 Å². The Morgan fingerprint density at radius 3 is 2.34 bits per heavy atom. The van der Waals surface area contributed by atoms with Crippen LogP contribution in [0.2, 0.25) is 0 Å². The van der Waals surface area contributed by atoms with Gasteiger partial charge in [0, 0.05) is 5.56 Å². The first kappa shape index (κ1) is 27.3. The number of ether oxygens (including phenoxy) is 1. The summed E-state index contributed by atoms with van der Waals surface area (Å²) in [7, 11) is -2.99. The minimum Gasteiger partial charge on any atom is -0.468 e. The Bertz CT molecular complexity index is 1210. The minimum atomic E-state index is -4.09. The number of guanidine groups is 1. The molecule has 0 fully saturated rings. The molecule has 0 heterocycles. The Morgan fingerprint density at radius 1 is 1.09 bits per heavy atom. The standard InChI is InChI=1S/C22H28N6O6S/c1-13-7-9-17(10-8-13)35(32,33)28-19(21(31)34-3)14(2)26-18(29)12-25-20(30)15-5-4-6-16(11-15)27-22(23)24/h4-11,14,19,28H,12H2,1-3H3,(H,25,30)(H,26,29)(H4,23,24,27). The number of benzene rings is 2. The molecule has 13 heteroatoms. The Kier molecular flexibility index (Phi) is 9.31. The fraction of sp³-hybridized carbons (Fsp3) is 0.273. The second-order valence-corrected chi connectivity index (χ2v) is 9.28. The van der Waals surface area contributed by atoms with Crippen molar-refractivity contribution in [3.05, 3.63) is 59.7 Å². The molecule has 0 aliphatic rings. The van der Waals surface area contributed by atoms with Crippen molar-refractivity contribution in [2.24, 2.45) is 16.5 Å². The van der Waals surface area contributed by atoms with Gasteiger partial charge in [-0.1, -0.05) is 23.8 Å². The van der Waals surface area contributed by atoms with E-state index in [0.29, 0.717) is 5.69 Å². The first-order valence-corrected chi connectivity index (χ1v) is 11.9. The number of esters is 1. The number of nitrogens with two attached hydrogens (primary N) is 2. The van der Waals surface area contributed by atoms with Crippen LogP contribution in [-0.2, 0) is 24.3 Å². The van der Waals surface area contributed by atoms with E-state index in [1.807, 2.05) is 0 Å². The summed E-state index contributed by atoms with van der Waals surface area (Å²) in [5.41, 5.74) is 12.1. The van der Waals surface area contributed by atoms with Crippen LogP contribution in [0, 0.1) is 6.92 Å². The molecule has 0 aromatic heterocycles. The van der Waals surface area contributed by atoms with Gasteiger partial charge in [0.15, 0.2) is 5.96 Å². The molecule has 0 saturated heterocycles. The number of carbonyl (C=O) groups is 3. The highest BCUT2D eigenvalue weighted by Crippen LogP contribution is 2.14. The maximum Gasteiger partial charge on any atom is 0.326 e. The number of hydrogen-bond donors (Lipinski definition) is 5. The number of carbonyl (C=O) groups excluding carboxylic acids is 3. The molecule has 2 rings (SSSR count). The molecule has 2 amide bonds. The predicted molar refractivity (Wildman–Crippen MR) is 129 cm³/mol. The second kappa shape index (κ2) is 11.9. The monoisotopic (exact) mass is 504 g/mol. The summed E-state index contributed by atoms with van der Waals surface area (Å²) in [4.78, 5) is 40.8. The highest BCUT2D eigenvalue weighted by molar-refractivity contribution is 7.89. The molecule has 188 valence electrons. The van der Waals surface area contributed by atoms with Crippen LogP contribution in [0.15, 0.2) is 58.4 Å². The summed E-state index contributed by atoms with van der Waals surface area (Å²) in [6.45, 7) is 2.80. The highest BCUT2D eigenvalue weighted by atomic mass is 32.2. The lowest BCUT2D eigenvalue weighted by Gasteiger charge is -2.24. The molecule has 2 aromatic rings. The lowest BCUT2D eigenvalue weighted by molar-refractivity contribution is -0.143. The minimum absolute atomic E-state index is 0.0502. The average molecular weight is 505 g/mol. The van der Waals surface area contributed by atoms with E-state index in [2.05, 4.69) is 20.3 Å². The molecular formula is C22H28N6O6S. The van der Waals surface area contributed by atoms with Gasteiger partial charge in [0.05, 0.1) is 30.3 Å². The van der Waals surface area contributed by atoms with Crippen LogP contribution in [-0.4, -0.2) is 57.9 Å². The van der Waals surface area contributed by atoms with Crippen LogP contribution >= 0.6 is 0 Å². The summed E-state index contributed by atoms with van der Waals surface area (Å²) in [6.07, 6.45) is 0. The van der Waals surface area contributed by atoms with Gasteiger partial charge < -0.3 is 26.8 Å². The van der Waals surface area contributed by atoms with Crippen LogP contribution in [0.5, 0.6) is 0 Å². The zero-order chi connectivity index (χ0) is 26.2. The van der Waals surface area contributed by atoms with E-state index in [1.165, 1.54) is 31.2 Å². The number of hydrogen-bond acceptors (Lipinski definition) is 7. The molecule has 35 heavy (non-hydrogen) atoms. The lowest BCUT2D eigenvalue weighted by atomic mass is 10.1. The number of aliphatic imine (C=N–C) groups is 1. The third-order valence-corrected chi connectivity index (χ3v) is 6.19. The molecule has 2 aromatic carbocycles. The summed E-state index contributed by atoms with van der Waals surface area (Å²) in [5, 5.41) is 4.92. The van der Waals surface area contributed by atoms with Gasteiger partial charge in [0.2, 0.25) is 15.9 Å². The number of sulfonamides is 1. The third-order valence-electron chi connectivity index (χ3n) is 4.73. The molecule has 0 radical (unpaired) electrons. The average Bonchev–Trinajstić information content (AvgIpc) is 2.80. The molecule has 12 nitrogen and oxygen atoms in total. The fourth-order valence-electron chi connectivity index (χ4n) is 2.95. The first-order chi connectivity index (χ1) is 16.4. The number of nitrogens with zero attached hydrogens (tertiary/aromatic N) is 1. The molecule has 0 bridgehead atoms. The van der Waals surface area contributed by atoms with Gasteiger partial charge in [-0.2, -0.15) is 4.72 Å². The number of aryl methyl sites for hydroxylation is 1. The molecule has 2 unspecified atom stereocenters. The van der Waals surface area contributed by atoms with Crippen LogP contribution in [0.1, 0.15) is 22.8 Å². The van der Waals surface area contributed by atoms with Crippen molar-refractivity contribution in [2.45, 2.75) is 30.8 Å². The molecule has 2 atom stereocenters. The van der Waals surface area contributed by atoms with Crippen molar-refractivity contribution in [1.82, 2.24) is 15.4 Å². The zero-order valence-electron chi connectivity index (χ0n) is 19.4. The maximum atomic E-state index is 12.7. The van der Waals surface area contributed by atoms with E-state index in [1.54, 1.807) is 31.2 Å². The molecule has 0 saturated carbocycles. The number of rotatable bonds is 10. The summed E-state index contributed by atoms with van der Waals surface area (Å²) < 4.78 is 32.4. The third kappa shape index (κ3) is 8.08. The van der Waals surface area contributed by atoms with Crippen molar-refractivity contribution in [1.29, 1.82) is 0 Å². The van der Waals surface area contributed by atoms with Crippen molar-refractivity contribution >= 4 is 39.5 Å². The van der Waals surface area contributed by atoms with E-state index in [4.69, 9.17) is 16.2 Å². The van der Waals surface area contributed by atoms with Crippen LogP contribution in [0.3, 0.4) is 0 Å². The van der Waals surface area contributed by atoms with E-state index in [-0.39, 0.29) is 16.4 Å². The fourth-order valence-corrected chi connectivity index (χ4v) is 4.22. The summed E-state index contributed by atoms with van der Waals surface area (Å²) in [5.74, 6) is -2.29. The quantitative estimate of drug-likeness (QED) is 0.164. The number of nitrogens with one attached hydrogen (secondary N) is 3. The molecule has 0 aliphatic heterocycles. The maximum absolute atomic E-state index is 12.7. The van der Waals surface area contributed by atoms with Crippen molar-refractivity contribution in [3.8, 4) is 0 Å². The zero-order valence-corrected chi connectivity index (χ0v) is 20.3. The Hall–Kier alpha value is -3.97. The van der Waals surface area contributed by atoms with Gasteiger partial charge in [-0.05, 0) is 44.2 Å². The molecule has 0 spiro atoms. The van der Waals surface area contributed by atoms with Crippen molar-refractivity contribution < 1.29 is 27.5 Å². The Balaban J connectivity index is 2.03. The Labute approximate surface area is 203 Å². The van der Waals surface area contributed by atoms with Crippen molar-refractivity contribution in [2.75, 3.05) is 13.7 Å². The van der Waals surface area contributed by atoms with E-state index >= 15 is 0 Å². The molecule has 0 aliphatic carbocycles. The SMILES string of the molecule is COC(=O)C(NS(=O)(=O)c1ccc(C)cc1)C(C)NC(=O)CNC(=O)c1cccc(N=C(N)N)c1. The summed E-state index contributed by atoms with van der Waals surface area (Å²) in [6, 6.07) is 9.71. The second-order valence-electron chi connectivity index (χ2n) is 7.56. The van der Waals surface area contributed by atoms with Gasteiger partial charge >= 0.3 is 5.97 Å².